The van der Waals surface area contributed by atoms with Gasteiger partial charge in [0.15, 0.2) is 0 Å². The first kappa shape index (κ1) is 27.6. The average molecular weight is 515 g/mol. The summed E-state index contributed by atoms with van der Waals surface area (Å²) >= 11 is 0. The quantitative estimate of drug-likeness (QED) is 0.339. The Kier molecular flexibility index (Phi) is 8.47. The van der Waals surface area contributed by atoms with E-state index in [9.17, 15) is 22.8 Å². The van der Waals surface area contributed by atoms with Crippen molar-refractivity contribution in [1.82, 2.24) is 5.32 Å². The van der Waals surface area contributed by atoms with Gasteiger partial charge in [-0.1, -0.05) is 24.3 Å². The Balaban J connectivity index is 1.63. The summed E-state index contributed by atoms with van der Waals surface area (Å²) in [5, 5.41) is 5.41. The lowest BCUT2D eigenvalue weighted by Gasteiger charge is -2.19. The maximum Gasteiger partial charge on any atom is 0.416 e. The summed E-state index contributed by atoms with van der Waals surface area (Å²) in [6.45, 7) is 7.61. The summed E-state index contributed by atoms with van der Waals surface area (Å²) in [5.41, 5.74) is 1.36. The van der Waals surface area contributed by atoms with Crippen molar-refractivity contribution in [2.75, 3.05) is 18.5 Å². The molecule has 0 aliphatic rings. The average Bonchev–Trinajstić information content (AvgIpc) is 2.81. The summed E-state index contributed by atoms with van der Waals surface area (Å²) in [6, 6.07) is 16.6. The molecule has 3 aromatic rings. The maximum absolute atomic E-state index is 13.1. The van der Waals surface area contributed by atoms with Crippen LogP contribution in [0.25, 0.3) is 11.1 Å². The van der Waals surface area contributed by atoms with Gasteiger partial charge >= 0.3 is 12.3 Å². The molecule has 0 saturated carbocycles. The molecular formula is C28H29F3N2O4. The van der Waals surface area contributed by atoms with Crippen molar-refractivity contribution in [2.24, 2.45) is 0 Å². The lowest BCUT2D eigenvalue weighted by atomic mass is 9.94. The van der Waals surface area contributed by atoms with Crippen LogP contribution in [0.3, 0.4) is 0 Å². The van der Waals surface area contributed by atoms with Crippen molar-refractivity contribution in [3.05, 3.63) is 83.4 Å². The monoisotopic (exact) mass is 514 g/mol. The second-order valence-electron chi connectivity index (χ2n) is 9.33. The lowest BCUT2D eigenvalue weighted by Crippen LogP contribution is -2.34. The molecule has 0 saturated heterocycles. The molecule has 9 heteroatoms. The smallest absolute Gasteiger partial charge is 0.416 e. The minimum absolute atomic E-state index is 0.227. The van der Waals surface area contributed by atoms with Gasteiger partial charge in [0.1, 0.15) is 18.0 Å². The first-order chi connectivity index (χ1) is 17.3. The van der Waals surface area contributed by atoms with E-state index in [4.69, 9.17) is 9.47 Å². The van der Waals surface area contributed by atoms with Crippen molar-refractivity contribution in [2.45, 2.75) is 39.5 Å². The van der Waals surface area contributed by atoms with E-state index in [1.54, 1.807) is 70.2 Å². The van der Waals surface area contributed by atoms with Gasteiger partial charge in [-0.3, -0.25) is 4.79 Å². The Morgan fingerprint density at radius 1 is 0.892 bits per heavy atom. The highest BCUT2D eigenvalue weighted by atomic mass is 19.4. The van der Waals surface area contributed by atoms with E-state index in [1.807, 2.05) is 0 Å². The van der Waals surface area contributed by atoms with Crippen LogP contribution in [0.15, 0.2) is 66.7 Å². The molecule has 0 unspecified atom stereocenters. The molecule has 196 valence electrons. The number of anilines is 1. The molecule has 0 fully saturated rings. The van der Waals surface area contributed by atoms with Gasteiger partial charge in [0.25, 0.3) is 5.91 Å². The highest BCUT2D eigenvalue weighted by Crippen LogP contribution is 2.33. The zero-order valence-corrected chi connectivity index (χ0v) is 21.0. The molecule has 2 amide bonds. The minimum atomic E-state index is -4.44. The van der Waals surface area contributed by atoms with E-state index in [0.29, 0.717) is 28.1 Å². The molecule has 0 spiro atoms. The van der Waals surface area contributed by atoms with E-state index in [-0.39, 0.29) is 13.2 Å². The molecule has 37 heavy (non-hydrogen) atoms. The Hall–Kier alpha value is -4.01. The van der Waals surface area contributed by atoms with E-state index >= 15 is 0 Å². The SMILES string of the molecule is Cc1cccc(C(=O)Nc2ccc(OCCNC(=O)OC(C)(C)C)cc2)c1-c1ccc(C(F)(F)F)cc1. The van der Waals surface area contributed by atoms with Gasteiger partial charge in [0.05, 0.1) is 12.1 Å². The fraction of sp³-hybridized carbons (Fsp3) is 0.286. The van der Waals surface area contributed by atoms with Crippen LogP contribution in [0.1, 0.15) is 42.3 Å². The zero-order valence-electron chi connectivity index (χ0n) is 21.0. The summed E-state index contributed by atoms with van der Waals surface area (Å²) in [4.78, 5) is 24.7. The number of rotatable bonds is 7. The number of benzene rings is 3. The van der Waals surface area contributed by atoms with Crippen molar-refractivity contribution in [3.8, 4) is 16.9 Å². The molecule has 0 atom stereocenters. The second kappa shape index (κ2) is 11.4. The zero-order chi connectivity index (χ0) is 27.2. The van der Waals surface area contributed by atoms with Crippen LogP contribution >= 0.6 is 0 Å². The molecule has 3 aromatic carbocycles. The second-order valence-corrected chi connectivity index (χ2v) is 9.33. The van der Waals surface area contributed by atoms with Crippen LogP contribution in [-0.4, -0.2) is 30.8 Å². The Morgan fingerprint density at radius 2 is 1.54 bits per heavy atom. The lowest BCUT2D eigenvalue weighted by molar-refractivity contribution is -0.137. The van der Waals surface area contributed by atoms with Crippen molar-refractivity contribution in [1.29, 1.82) is 0 Å². The Labute approximate surface area is 213 Å². The highest BCUT2D eigenvalue weighted by Gasteiger charge is 2.30. The number of ether oxygens (including phenoxy) is 2. The third-order valence-electron chi connectivity index (χ3n) is 5.17. The molecule has 0 aliphatic carbocycles. The molecule has 0 radical (unpaired) electrons. The van der Waals surface area contributed by atoms with Crippen LogP contribution in [0.4, 0.5) is 23.7 Å². The van der Waals surface area contributed by atoms with Gasteiger partial charge in [-0.2, -0.15) is 13.2 Å². The van der Waals surface area contributed by atoms with Crippen LogP contribution in [-0.2, 0) is 10.9 Å². The Morgan fingerprint density at radius 3 is 2.14 bits per heavy atom. The summed E-state index contributed by atoms with van der Waals surface area (Å²) in [6.07, 6.45) is -4.96. The number of alkyl carbamates (subject to hydrolysis) is 1. The number of halogens is 3. The molecule has 2 N–H and O–H groups in total. The van der Waals surface area contributed by atoms with Gasteiger partial charge in [-0.25, -0.2) is 4.79 Å². The third-order valence-corrected chi connectivity index (χ3v) is 5.17. The summed E-state index contributed by atoms with van der Waals surface area (Å²) in [5.74, 6) is 0.152. The van der Waals surface area contributed by atoms with Crippen LogP contribution in [0.2, 0.25) is 0 Å². The molecule has 0 bridgehead atoms. The number of amides is 2. The summed E-state index contributed by atoms with van der Waals surface area (Å²) < 4.78 is 49.6. The van der Waals surface area contributed by atoms with Crippen molar-refractivity contribution >= 4 is 17.7 Å². The topological polar surface area (TPSA) is 76.7 Å². The number of aryl methyl sites for hydroxylation is 1. The number of hydrogen-bond donors (Lipinski definition) is 2. The first-order valence-corrected chi connectivity index (χ1v) is 11.6. The van der Waals surface area contributed by atoms with Crippen LogP contribution in [0.5, 0.6) is 5.75 Å². The van der Waals surface area contributed by atoms with Gasteiger partial charge in [0.2, 0.25) is 0 Å². The first-order valence-electron chi connectivity index (χ1n) is 11.6. The standard InChI is InChI=1S/C28H29F3N2O4/c1-18-6-5-7-23(24(18)19-8-10-20(11-9-19)28(29,30)31)25(34)33-21-12-14-22(15-13-21)36-17-16-32-26(35)37-27(2,3)4/h5-15H,16-17H2,1-4H3,(H,32,35)(H,33,34). The number of hydrogen-bond acceptors (Lipinski definition) is 4. The third kappa shape index (κ3) is 7.99. The predicted molar refractivity (Wildman–Crippen MR) is 136 cm³/mol. The molecule has 6 nitrogen and oxygen atoms in total. The fourth-order valence-corrected chi connectivity index (χ4v) is 3.54. The van der Waals surface area contributed by atoms with Gasteiger partial charge in [-0.15, -0.1) is 0 Å². The van der Waals surface area contributed by atoms with Crippen LogP contribution < -0.4 is 15.4 Å². The van der Waals surface area contributed by atoms with Crippen LogP contribution in [0, 0.1) is 6.92 Å². The number of carbonyl (C=O) groups excluding carboxylic acids is 2. The predicted octanol–water partition coefficient (Wildman–Crippen LogP) is 6.84. The molecule has 0 aromatic heterocycles. The maximum atomic E-state index is 13.1. The van der Waals surface area contributed by atoms with E-state index in [2.05, 4.69) is 10.6 Å². The molecular weight excluding hydrogens is 485 g/mol. The number of nitrogens with one attached hydrogen (secondary N) is 2. The Bertz CT molecular complexity index is 1230. The number of carbonyl (C=O) groups is 2. The molecule has 0 aliphatic heterocycles. The normalized spacial score (nSPS) is 11.5. The molecule has 0 heterocycles. The van der Waals surface area contributed by atoms with Gasteiger partial charge in [0, 0.05) is 11.3 Å². The van der Waals surface area contributed by atoms with Crippen molar-refractivity contribution in [3.63, 3.8) is 0 Å². The minimum Gasteiger partial charge on any atom is -0.492 e. The highest BCUT2D eigenvalue weighted by molar-refractivity contribution is 6.09. The summed E-state index contributed by atoms with van der Waals surface area (Å²) in [7, 11) is 0. The van der Waals surface area contributed by atoms with Gasteiger partial charge < -0.3 is 20.1 Å². The van der Waals surface area contributed by atoms with E-state index < -0.39 is 29.3 Å². The molecule has 3 rings (SSSR count). The van der Waals surface area contributed by atoms with Gasteiger partial charge in [-0.05, 0) is 86.8 Å². The van der Waals surface area contributed by atoms with E-state index in [1.165, 1.54) is 12.1 Å². The largest absolute Gasteiger partial charge is 0.492 e. The number of alkyl halides is 3. The van der Waals surface area contributed by atoms with E-state index in [0.717, 1.165) is 17.7 Å². The fourth-order valence-electron chi connectivity index (χ4n) is 3.54. The van der Waals surface area contributed by atoms with Crippen molar-refractivity contribution < 1.29 is 32.2 Å².